The zero-order valence-electron chi connectivity index (χ0n) is 28.7. The number of allylic oxidation sites excluding steroid dienone is 1. The standard InChI is InChI=1S/C43H34N4.C2H6/c1-4-14-38-29(2)15-11-23-39(38)36-26-35(33-21-13-22-34(25-33)40-24-12-16-30(3)44-40)27-37(28-36)43-46-41(31-17-7-5-8-18-31)45-42(47-43)32-19-9-6-10-20-32;1-2/h4-28H,1-3H3;1-2H3/b14-4-;. The normalized spacial score (nSPS) is 10.9. The molecule has 49 heavy (non-hydrogen) atoms. The molecule has 0 N–H and O–H groups in total. The van der Waals surface area contributed by atoms with Crippen LogP contribution in [-0.4, -0.2) is 19.9 Å². The molecule has 0 radical (unpaired) electrons. The van der Waals surface area contributed by atoms with Gasteiger partial charge in [0.05, 0.1) is 5.69 Å². The van der Waals surface area contributed by atoms with Crippen LogP contribution in [0.25, 0.3) is 73.8 Å². The van der Waals surface area contributed by atoms with Crippen LogP contribution in [0.2, 0.25) is 0 Å². The van der Waals surface area contributed by atoms with Gasteiger partial charge in [0.25, 0.3) is 0 Å². The first-order valence-corrected chi connectivity index (χ1v) is 16.9. The van der Waals surface area contributed by atoms with Gasteiger partial charge in [-0.1, -0.05) is 129 Å². The number of aromatic nitrogens is 4. The van der Waals surface area contributed by atoms with Gasteiger partial charge < -0.3 is 0 Å². The molecule has 0 unspecified atom stereocenters. The average molecular weight is 637 g/mol. The number of nitrogens with zero attached hydrogens (tertiary/aromatic N) is 4. The van der Waals surface area contributed by atoms with Crippen molar-refractivity contribution in [1.82, 2.24) is 19.9 Å². The summed E-state index contributed by atoms with van der Waals surface area (Å²) < 4.78 is 0. The predicted molar refractivity (Wildman–Crippen MR) is 206 cm³/mol. The van der Waals surface area contributed by atoms with Gasteiger partial charge in [0.15, 0.2) is 17.5 Å². The summed E-state index contributed by atoms with van der Waals surface area (Å²) in [6.45, 7) is 10.2. The van der Waals surface area contributed by atoms with E-state index in [1.54, 1.807) is 0 Å². The lowest BCUT2D eigenvalue weighted by Crippen LogP contribution is -2.00. The maximum absolute atomic E-state index is 5.07. The van der Waals surface area contributed by atoms with E-state index in [0.717, 1.165) is 55.9 Å². The Bertz CT molecular complexity index is 2160. The molecule has 0 spiro atoms. The second-order valence-corrected chi connectivity index (χ2v) is 11.6. The van der Waals surface area contributed by atoms with Gasteiger partial charge in [-0.3, -0.25) is 4.98 Å². The third-order valence-electron chi connectivity index (χ3n) is 8.24. The van der Waals surface area contributed by atoms with E-state index in [9.17, 15) is 0 Å². The van der Waals surface area contributed by atoms with Crippen molar-refractivity contribution in [3.05, 3.63) is 162 Å². The molecule has 0 saturated carbocycles. The highest BCUT2D eigenvalue weighted by Gasteiger charge is 2.16. The summed E-state index contributed by atoms with van der Waals surface area (Å²) in [6.07, 6.45) is 4.28. The Labute approximate surface area is 290 Å². The third-order valence-corrected chi connectivity index (χ3v) is 8.24. The lowest BCUT2D eigenvalue weighted by atomic mass is 9.91. The minimum Gasteiger partial charge on any atom is -0.253 e. The van der Waals surface area contributed by atoms with Crippen molar-refractivity contribution in [3.63, 3.8) is 0 Å². The van der Waals surface area contributed by atoms with Crippen LogP contribution in [0.1, 0.15) is 37.6 Å². The minimum atomic E-state index is 0.623. The zero-order chi connectivity index (χ0) is 34.2. The van der Waals surface area contributed by atoms with E-state index >= 15 is 0 Å². The summed E-state index contributed by atoms with van der Waals surface area (Å²) in [4.78, 5) is 19.9. The van der Waals surface area contributed by atoms with E-state index in [-0.39, 0.29) is 0 Å². The van der Waals surface area contributed by atoms with Gasteiger partial charge in [0, 0.05) is 27.9 Å². The molecule has 0 aliphatic carbocycles. The van der Waals surface area contributed by atoms with E-state index in [0.29, 0.717) is 17.5 Å². The molecule has 0 amide bonds. The quantitative estimate of drug-likeness (QED) is 0.175. The van der Waals surface area contributed by atoms with Gasteiger partial charge in [-0.15, -0.1) is 0 Å². The van der Waals surface area contributed by atoms with Crippen LogP contribution in [-0.2, 0) is 0 Å². The van der Waals surface area contributed by atoms with Crippen molar-refractivity contribution in [2.24, 2.45) is 0 Å². The van der Waals surface area contributed by atoms with E-state index in [4.69, 9.17) is 19.9 Å². The SMILES string of the molecule is C/C=C\c1c(C)cccc1-c1cc(-c2cccc(-c3cccc(C)n3)c2)cc(-c2nc(-c3ccccc3)nc(-c3ccccc3)n2)c1.CC. The molecule has 0 bridgehead atoms. The Kier molecular flexibility index (Phi) is 10.3. The molecule has 240 valence electrons. The summed E-state index contributed by atoms with van der Waals surface area (Å²) >= 11 is 0. The van der Waals surface area contributed by atoms with Crippen molar-refractivity contribution < 1.29 is 0 Å². The second-order valence-electron chi connectivity index (χ2n) is 11.6. The summed E-state index contributed by atoms with van der Waals surface area (Å²) in [5.74, 6) is 1.90. The number of aryl methyl sites for hydroxylation is 2. The molecule has 0 aliphatic heterocycles. The number of pyridine rings is 1. The lowest BCUT2D eigenvalue weighted by Gasteiger charge is -2.15. The Morgan fingerprint density at radius 1 is 0.429 bits per heavy atom. The smallest absolute Gasteiger partial charge is 0.164 e. The highest BCUT2D eigenvalue weighted by molar-refractivity contribution is 5.85. The van der Waals surface area contributed by atoms with E-state index in [1.165, 1.54) is 11.1 Å². The average Bonchev–Trinajstić information content (AvgIpc) is 3.17. The topological polar surface area (TPSA) is 51.6 Å². The lowest BCUT2D eigenvalue weighted by molar-refractivity contribution is 1.07. The van der Waals surface area contributed by atoms with Crippen LogP contribution in [0.3, 0.4) is 0 Å². The first kappa shape index (κ1) is 32.9. The first-order valence-electron chi connectivity index (χ1n) is 16.9. The van der Waals surface area contributed by atoms with E-state index < -0.39 is 0 Å². The summed E-state index contributed by atoms with van der Waals surface area (Å²) in [7, 11) is 0. The van der Waals surface area contributed by atoms with Crippen molar-refractivity contribution in [1.29, 1.82) is 0 Å². The molecule has 0 atom stereocenters. The summed E-state index contributed by atoms with van der Waals surface area (Å²) in [5, 5.41) is 0. The minimum absolute atomic E-state index is 0.623. The Balaban J connectivity index is 0.00000205. The third kappa shape index (κ3) is 7.45. The van der Waals surface area contributed by atoms with Crippen LogP contribution in [0.15, 0.2) is 146 Å². The van der Waals surface area contributed by atoms with Gasteiger partial charge in [-0.05, 0) is 90.6 Å². The van der Waals surface area contributed by atoms with Crippen molar-refractivity contribution in [2.75, 3.05) is 0 Å². The number of hydrogen-bond acceptors (Lipinski definition) is 4. The van der Waals surface area contributed by atoms with Gasteiger partial charge >= 0.3 is 0 Å². The van der Waals surface area contributed by atoms with Crippen molar-refractivity contribution in [2.45, 2.75) is 34.6 Å². The highest BCUT2D eigenvalue weighted by atomic mass is 15.0. The molecule has 0 fully saturated rings. The Hall–Kier alpha value is -6.00. The molecule has 0 aliphatic rings. The largest absolute Gasteiger partial charge is 0.253 e. The maximum Gasteiger partial charge on any atom is 0.164 e. The highest BCUT2D eigenvalue weighted by Crippen LogP contribution is 2.36. The van der Waals surface area contributed by atoms with Crippen LogP contribution in [0, 0.1) is 13.8 Å². The number of hydrogen-bond donors (Lipinski definition) is 0. The molecular formula is C45H40N4. The summed E-state index contributed by atoms with van der Waals surface area (Å²) in [5.41, 5.74) is 12.6. The van der Waals surface area contributed by atoms with Crippen LogP contribution in [0.5, 0.6) is 0 Å². The number of rotatable bonds is 7. The molecule has 2 aromatic heterocycles. The Morgan fingerprint density at radius 2 is 0.939 bits per heavy atom. The fraction of sp³-hybridized carbons (Fsp3) is 0.111. The zero-order valence-corrected chi connectivity index (χ0v) is 28.7. The van der Waals surface area contributed by atoms with Crippen molar-refractivity contribution >= 4 is 6.08 Å². The van der Waals surface area contributed by atoms with Crippen LogP contribution < -0.4 is 0 Å². The fourth-order valence-corrected chi connectivity index (χ4v) is 5.90. The van der Waals surface area contributed by atoms with Gasteiger partial charge in [0.1, 0.15) is 0 Å². The van der Waals surface area contributed by atoms with Gasteiger partial charge in [-0.25, -0.2) is 15.0 Å². The predicted octanol–water partition coefficient (Wildman–Crippen LogP) is 11.9. The monoisotopic (exact) mass is 636 g/mol. The molecule has 7 rings (SSSR count). The first-order chi connectivity index (χ1) is 24.1. The second kappa shape index (κ2) is 15.3. The molecule has 4 heteroatoms. The molecule has 7 aromatic rings. The van der Waals surface area contributed by atoms with Crippen LogP contribution in [0.4, 0.5) is 0 Å². The molecule has 5 aromatic carbocycles. The van der Waals surface area contributed by atoms with E-state index in [2.05, 4.69) is 98.8 Å². The van der Waals surface area contributed by atoms with E-state index in [1.807, 2.05) is 87.5 Å². The molecule has 0 saturated heterocycles. The molecule has 4 nitrogen and oxygen atoms in total. The maximum atomic E-state index is 5.07. The van der Waals surface area contributed by atoms with Gasteiger partial charge in [-0.2, -0.15) is 0 Å². The Morgan fingerprint density at radius 3 is 1.57 bits per heavy atom. The summed E-state index contributed by atoms with van der Waals surface area (Å²) in [6, 6.07) is 48.1. The molecule has 2 heterocycles. The van der Waals surface area contributed by atoms with Crippen molar-refractivity contribution in [3.8, 4) is 67.7 Å². The van der Waals surface area contributed by atoms with Gasteiger partial charge in [0.2, 0.25) is 0 Å². The number of benzene rings is 5. The molecular weight excluding hydrogens is 597 g/mol. The fourth-order valence-electron chi connectivity index (χ4n) is 5.90. The van der Waals surface area contributed by atoms with Crippen LogP contribution >= 0.6 is 0 Å².